The Morgan fingerprint density at radius 1 is 1.10 bits per heavy atom. The number of aryl methyl sites for hydroxylation is 1. The summed E-state index contributed by atoms with van der Waals surface area (Å²) in [5.74, 6) is 2.65. The highest BCUT2D eigenvalue weighted by Crippen LogP contribution is 2.21. The van der Waals surface area contributed by atoms with Crippen molar-refractivity contribution in [3.8, 4) is 0 Å². The Hall–Kier alpha value is -1.55. The second kappa shape index (κ2) is 7.90. The standard InChI is InChI=1S/C16H21N3S/c1-3-10-17-15-11-13(4-2)18-16(19-15)12-20-14-8-6-5-7-9-14/h5-9,11H,3-4,10,12H2,1-2H3,(H,17,18,19). The van der Waals surface area contributed by atoms with Crippen molar-refractivity contribution >= 4 is 17.6 Å². The molecule has 1 aromatic carbocycles. The quantitative estimate of drug-likeness (QED) is 0.776. The maximum atomic E-state index is 4.60. The van der Waals surface area contributed by atoms with Gasteiger partial charge in [-0.15, -0.1) is 11.8 Å². The van der Waals surface area contributed by atoms with Crippen LogP contribution in [0.4, 0.5) is 5.82 Å². The molecule has 0 saturated carbocycles. The minimum atomic E-state index is 0.804. The van der Waals surface area contributed by atoms with E-state index in [0.29, 0.717) is 0 Å². The number of nitrogens with one attached hydrogen (secondary N) is 1. The Morgan fingerprint density at radius 3 is 2.60 bits per heavy atom. The molecule has 0 unspecified atom stereocenters. The summed E-state index contributed by atoms with van der Waals surface area (Å²) in [6.07, 6.45) is 2.03. The van der Waals surface area contributed by atoms with E-state index in [1.54, 1.807) is 11.8 Å². The van der Waals surface area contributed by atoms with Crippen molar-refractivity contribution in [3.63, 3.8) is 0 Å². The average molecular weight is 287 g/mol. The maximum absolute atomic E-state index is 4.60. The normalized spacial score (nSPS) is 10.5. The number of rotatable bonds is 7. The van der Waals surface area contributed by atoms with Crippen molar-refractivity contribution in [3.05, 3.63) is 47.9 Å². The largest absolute Gasteiger partial charge is 0.370 e. The van der Waals surface area contributed by atoms with Gasteiger partial charge in [0.25, 0.3) is 0 Å². The van der Waals surface area contributed by atoms with Crippen LogP contribution in [-0.2, 0) is 12.2 Å². The minimum Gasteiger partial charge on any atom is -0.370 e. The lowest BCUT2D eigenvalue weighted by atomic mass is 10.3. The van der Waals surface area contributed by atoms with Crippen LogP contribution in [-0.4, -0.2) is 16.5 Å². The van der Waals surface area contributed by atoms with Crippen LogP contribution in [0.25, 0.3) is 0 Å². The Kier molecular flexibility index (Phi) is 5.87. The Labute approximate surface area is 125 Å². The number of thioether (sulfide) groups is 1. The van der Waals surface area contributed by atoms with Crippen molar-refractivity contribution in [2.75, 3.05) is 11.9 Å². The van der Waals surface area contributed by atoms with Crippen molar-refractivity contribution in [1.82, 2.24) is 9.97 Å². The van der Waals surface area contributed by atoms with Crippen molar-refractivity contribution in [1.29, 1.82) is 0 Å². The van der Waals surface area contributed by atoms with E-state index in [2.05, 4.69) is 53.4 Å². The molecule has 0 amide bonds. The zero-order chi connectivity index (χ0) is 14.2. The molecule has 0 aliphatic carbocycles. The van der Waals surface area contributed by atoms with Crippen LogP contribution in [0.1, 0.15) is 31.8 Å². The molecule has 0 fully saturated rings. The molecule has 3 nitrogen and oxygen atoms in total. The van der Waals surface area contributed by atoms with Crippen molar-refractivity contribution in [2.45, 2.75) is 37.3 Å². The van der Waals surface area contributed by atoms with Gasteiger partial charge in [-0.1, -0.05) is 32.0 Å². The topological polar surface area (TPSA) is 37.8 Å². The molecule has 1 N–H and O–H groups in total. The van der Waals surface area contributed by atoms with Gasteiger partial charge in [0.15, 0.2) is 0 Å². The van der Waals surface area contributed by atoms with Gasteiger partial charge in [-0.25, -0.2) is 9.97 Å². The first kappa shape index (κ1) is 14.9. The molecule has 2 aromatic rings. The third-order valence-electron chi connectivity index (χ3n) is 2.85. The minimum absolute atomic E-state index is 0.804. The summed E-state index contributed by atoms with van der Waals surface area (Å²) in [6.45, 7) is 5.23. The molecule has 20 heavy (non-hydrogen) atoms. The summed E-state index contributed by atoms with van der Waals surface area (Å²) in [5, 5.41) is 3.35. The van der Waals surface area contributed by atoms with Gasteiger partial charge >= 0.3 is 0 Å². The van der Waals surface area contributed by atoms with Gasteiger partial charge < -0.3 is 5.32 Å². The first-order valence-corrected chi connectivity index (χ1v) is 8.09. The van der Waals surface area contributed by atoms with E-state index in [0.717, 1.165) is 42.5 Å². The Balaban J connectivity index is 2.06. The fraction of sp³-hybridized carbons (Fsp3) is 0.375. The summed E-state index contributed by atoms with van der Waals surface area (Å²) in [7, 11) is 0. The van der Waals surface area contributed by atoms with Crippen LogP contribution < -0.4 is 5.32 Å². The molecule has 0 radical (unpaired) electrons. The highest BCUT2D eigenvalue weighted by Gasteiger charge is 2.04. The van der Waals surface area contributed by atoms with Gasteiger partial charge in [0.2, 0.25) is 0 Å². The van der Waals surface area contributed by atoms with E-state index in [1.165, 1.54) is 4.90 Å². The fourth-order valence-corrected chi connectivity index (χ4v) is 2.58. The summed E-state index contributed by atoms with van der Waals surface area (Å²) in [6, 6.07) is 12.4. The number of aromatic nitrogens is 2. The van der Waals surface area contributed by atoms with E-state index in [9.17, 15) is 0 Å². The molecule has 2 rings (SSSR count). The van der Waals surface area contributed by atoms with Gasteiger partial charge in [-0.3, -0.25) is 0 Å². The molecule has 0 atom stereocenters. The van der Waals surface area contributed by atoms with Crippen LogP contribution in [0.3, 0.4) is 0 Å². The zero-order valence-corrected chi connectivity index (χ0v) is 12.9. The van der Waals surface area contributed by atoms with Crippen LogP contribution in [0, 0.1) is 0 Å². The third kappa shape index (κ3) is 4.53. The van der Waals surface area contributed by atoms with E-state index >= 15 is 0 Å². The summed E-state index contributed by atoms with van der Waals surface area (Å²) < 4.78 is 0. The molecule has 4 heteroatoms. The fourth-order valence-electron chi connectivity index (χ4n) is 1.81. The maximum Gasteiger partial charge on any atom is 0.141 e. The highest BCUT2D eigenvalue weighted by atomic mass is 32.2. The lowest BCUT2D eigenvalue weighted by Crippen LogP contribution is -2.06. The number of hydrogen-bond acceptors (Lipinski definition) is 4. The van der Waals surface area contributed by atoms with E-state index in [-0.39, 0.29) is 0 Å². The Bertz CT molecular complexity index is 529. The highest BCUT2D eigenvalue weighted by molar-refractivity contribution is 7.98. The van der Waals surface area contributed by atoms with E-state index < -0.39 is 0 Å². The van der Waals surface area contributed by atoms with Gasteiger partial charge in [0.05, 0.1) is 5.75 Å². The molecule has 0 aliphatic rings. The molecule has 0 spiro atoms. The lowest BCUT2D eigenvalue weighted by molar-refractivity contribution is 0.916. The van der Waals surface area contributed by atoms with Crippen LogP contribution >= 0.6 is 11.8 Å². The molecule has 1 heterocycles. The van der Waals surface area contributed by atoms with Crippen LogP contribution in [0.5, 0.6) is 0 Å². The predicted molar refractivity (Wildman–Crippen MR) is 86.2 cm³/mol. The second-order valence-electron chi connectivity index (χ2n) is 4.54. The monoisotopic (exact) mass is 287 g/mol. The number of nitrogens with zero attached hydrogens (tertiary/aromatic N) is 2. The first-order valence-electron chi connectivity index (χ1n) is 7.10. The number of anilines is 1. The van der Waals surface area contributed by atoms with Gasteiger partial charge in [-0.05, 0) is 25.0 Å². The third-order valence-corrected chi connectivity index (χ3v) is 3.86. The van der Waals surface area contributed by atoms with E-state index in [1.807, 2.05) is 12.1 Å². The van der Waals surface area contributed by atoms with Gasteiger partial charge in [0.1, 0.15) is 11.6 Å². The molecule has 0 aliphatic heterocycles. The first-order chi connectivity index (χ1) is 9.81. The van der Waals surface area contributed by atoms with Gasteiger partial charge in [-0.2, -0.15) is 0 Å². The summed E-state index contributed by atoms with van der Waals surface area (Å²) in [5.41, 5.74) is 1.10. The molecular formula is C16H21N3S. The molecule has 0 saturated heterocycles. The summed E-state index contributed by atoms with van der Waals surface area (Å²) in [4.78, 5) is 10.4. The molecule has 1 aromatic heterocycles. The van der Waals surface area contributed by atoms with Crippen molar-refractivity contribution in [2.24, 2.45) is 0 Å². The average Bonchev–Trinajstić information content (AvgIpc) is 2.51. The lowest BCUT2D eigenvalue weighted by Gasteiger charge is -2.08. The molecule has 106 valence electrons. The zero-order valence-electron chi connectivity index (χ0n) is 12.1. The van der Waals surface area contributed by atoms with Crippen molar-refractivity contribution < 1.29 is 0 Å². The summed E-state index contributed by atoms with van der Waals surface area (Å²) >= 11 is 1.77. The molecule has 0 bridgehead atoms. The van der Waals surface area contributed by atoms with Gasteiger partial charge in [0, 0.05) is 23.2 Å². The Morgan fingerprint density at radius 2 is 1.90 bits per heavy atom. The molecular weight excluding hydrogens is 266 g/mol. The number of hydrogen-bond donors (Lipinski definition) is 1. The second-order valence-corrected chi connectivity index (χ2v) is 5.59. The predicted octanol–water partition coefficient (Wildman–Crippen LogP) is 4.15. The SMILES string of the molecule is CCCNc1cc(CC)nc(CSc2ccccc2)n1. The van der Waals surface area contributed by atoms with Crippen LogP contribution in [0.15, 0.2) is 41.3 Å². The van der Waals surface area contributed by atoms with Crippen LogP contribution in [0.2, 0.25) is 0 Å². The van der Waals surface area contributed by atoms with E-state index in [4.69, 9.17) is 0 Å². The smallest absolute Gasteiger partial charge is 0.141 e. The number of benzene rings is 1.